The molecule has 0 aliphatic heterocycles. The van der Waals surface area contributed by atoms with Crippen molar-refractivity contribution in [2.45, 2.75) is 20.4 Å². The Morgan fingerprint density at radius 2 is 2.25 bits per heavy atom. The molecule has 16 heavy (non-hydrogen) atoms. The van der Waals surface area contributed by atoms with Gasteiger partial charge in [0.1, 0.15) is 0 Å². The number of rotatable bonds is 6. The molecule has 90 valence electrons. The molecule has 0 bridgehead atoms. The van der Waals surface area contributed by atoms with Crippen molar-refractivity contribution in [3.05, 3.63) is 18.0 Å². The summed E-state index contributed by atoms with van der Waals surface area (Å²) in [5.41, 5.74) is 1.01. The molecule has 1 aromatic rings. The second kappa shape index (κ2) is 6.27. The first-order valence-corrected chi connectivity index (χ1v) is 5.56. The zero-order valence-corrected chi connectivity index (χ0v) is 10.2. The summed E-state index contributed by atoms with van der Waals surface area (Å²) in [6.45, 7) is 5.92. The van der Waals surface area contributed by atoms with Gasteiger partial charge in [-0.25, -0.2) is 0 Å². The molecular weight excluding hydrogens is 204 g/mol. The molecular formula is C11H20N4O. The van der Waals surface area contributed by atoms with E-state index in [0.29, 0.717) is 6.54 Å². The van der Waals surface area contributed by atoms with E-state index in [0.717, 1.165) is 18.8 Å². The van der Waals surface area contributed by atoms with Crippen molar-refractivity contribution in [2.75, 3.05) is 13.1 Å². The van der Waals surface area contributed by atoms with Crippen LogP contribution in [-0.4, -0.2) is 28.8 Å². The maximum absolute atomic E-state index is 11.2. The maximum Gasteiger partial charge on any atom is 0.222 e. The standard InChI is InChI=1S/C11H20N4O/c1-9(2)11(16)13-6-5-12-8-10-4-7-15(3)14-10/h4,7,9,12H,5-6,8H2,1-3H3,(H,13,16). The number of carbonyl (C=O) groups is 1. The van der Waals surface area contributed by atoms with Gasteiger partial charge in [-0.2, -0.15) is 5.10 Å². The molecule has 0 aromatic carbocycles. The van der Waals surface area contributed by atoms with Crippen molar-refractivity contribution in [3.63, 3.8) is 0 Å². The molecule has 1 aromatic heterocycles. The van der Waals surface area contributed by atoms with Gasteiger partial charge in [-0.3, -0.25) is 9.48 Å². The minimum atomic E-state index is 0.0517. The summed E-state index contributed by atoms with van der Waals surface area (Å²) in [7, 11) is 1.90. The highest BCUT2D eigenvalue weighted by atomic mass is 16.1. The Labute approximate surface area is 96.2 Å². The summed E-state index contributed by atoms with van der Waals surface area (Å²) in [6.07, 6.45) is 1.91. The van der Waals surface area contributed by atoms with E-state index in [-0.39, 0.29) is 11.8 Å². The molecule has 0 spiro atoms. The normalized spacial score (nSPS) is 10.8. The number of aryl methyl sites for hydroxylation is 1. The molecule has 1 heterocycles. The van der Waals surface area contributed by atoms with Crippen LogP contribution in [0.5, 0.6) is 0 Å². The molecule has 1 rings (SSSR count). The van der Waals surface area contributed by atoms with Crippen molar-refractivity contribution in [1.82, 2.24) is 20.4 Å². The van der Waals surface area contributed by atoms with Gasteiger partial charge < -0.3 is 10.6 Å². The first-order chi connectivity index (χ1) is 7.59. The third kappa shape index (κ3) is 4.44. The maximum atomic E-state index is 11.2. The topological polar surface area (TPSA) is 59.0 Å². The molecule has 0 unspecified atom stereocenters. The van der Waals surface area contributed by atoms with Gasteiger partial charge in [-0.05, 0) is 6.07 Å². The lowest BCUT2D eigenvalue weighted by Gasteiger charge is -2.07. The quantitative estimate of drug-likeness (QED) is 0.682. The van der Waals surface area contributed by atoms with E-state index in [4.69, 9.17) is 0 Å². The van der Waals surface area contributed by atoms with E-state index >= 15 is 0 Å². The van der Waals surface area contributed by atoms with Crippen LogP contribution in [0.15, 0.2) is 12.3 Å². The van der Waals surface area contributed by atoms with E-state index in [9.17, 15) is 4.79 Å². The van der Waals surface area contributed by atoms with Crippen LogP contribution in [0.4, 0.5) is 0 Å². The smallest absolute Gasteiger partial charge is 0.222 e. The van der Waals surface area contributed by atoms with Crippen molar-refractivity contribution < 1.29 is 4.79 Å². The Kier molecular flexibility index (Phi) is 4.98. The van der Waals surface area contributed by atoms with Crippen molar-refractivity contribution >= 4 is 5.91 Å². The van der Waals surface area contributed by atoms with E-state index in [1.807, 2.05) is 33.2 Å². The van der Waals surface area contributed by atoms with Crippen LogP contribution in [0, 0.1) is 5.92 Å². The number of hydrogen-bond acceptors (Lipinski definition) is 3. The zero-order valence-electron chi connectivity index (χ0n) is 10.2. The largest absolute Gasteiger partial charge is 0.355 e. The van der Waals surface area contributed by atoms with Crippen LogP contribution in [0.25, 0.3) is 0 Å². The van der Waals surface area contributed by atoms with Gasteiger partial charge in [0, 0.05) is 38.8 Å². The average molecular weight is 224 g/mol. The lowest BCUT2D eigenvalue weighted by atomic mass is 10.2. The minimum Gasteiger partial charge on any atom is -0.355 e. The van der Waals surface area contributed by atoms with Crippen LogP contribution in [-0.2, 0) is 18.4 Å². The first kappa shape index (κ1) is 12.7. The molecule has 5 heteroatoms. The summed E-state index contributed by atoms with van der Waals surface area (Å²) in [4.78, 5) is 11.2. The lowest BCUT2D eigenvalue weighted by molar-refractivity contribution is -0.123. The minimum absolute atomic E-state index is 0.0517. The summed E-state index contributed by atoms with van der Waals surface area (Å²) >= 11 is 0. The van der Waals surface area contributed by atoms with Gasteiger partial charge in [0.15, 0.2) is 0 Å². The fraction of sp³-hybridized carbons (Fsp3) is 0.636. The fourth-order valence-corrected chi connectivity index (χ4v) is 1.25. The van der Waals surface area contributed by atoms with Gasteiger partial charge in [0.05, 0.1) is 5.69 Å². The van der Waals surface area contributed by atoms with Crippen LogP contribution in [0.2, 0.25) is 0 Å². The molecule has 0 aliphatic carbocycles. The molecule has 0 aliphatic rings. The number of aromatic nitrogens is 2. The van der Waals surface area contributed by atoms with E-state index in [2.05, 4.69) is 15.7 Å². The molecule has 1 amide bonds. The number of carbonyl (C=O) groups excluding carboxylic acids is 1. The molecule has 5 nitrogen and oxygen atoms in total. The van der Waals surface area contributed by atoms with Crippen molar-refractivity contribution in [2.24, 2.45) is 13.0 Å². The molecule has 0 saturated carbocycles. The third-order valence-corrected chi connectivity index (χ3v) is 2.20. The van der Waals surface area contributed by atoms with Gasteiger partial charge in [0.2, 0.25) is 5.91 Å². The number of hydrogen-bond donors (Lipinski definition) is 2. The fourth-order valence-electron chi connectivity index (χ4n) is 1.25. The van der Waals surface area contributed by atoms with Gasteiger partial charge in [-0.15, -0.1) is 0 Å². The van der Waals surface area contributed by atoms with E-state index in [1.165, 1.54) is 0 Å². The first-order valence-electron chi connectivity index (χ1n) is 5.56. The highest BCUT2D eigenvalue weighted by Crippen LogP contribution is 1.92. The number of nitrogens with zero attached hydrogens (tertiary/aromatic N) is 2. The lowest BCUT2D eigenvalue weighted by Crippen LogP contribution is -2.34. The second-order valence-corrected chi connectivity index (χ2v) is 4.10. The van der Waals surface area contributed by atoms with Crippen molar-refractivity contribution in [3.8, 4) is 0 Å². The number of nitrogens with one attached hydrogen (secondary N) is 2. The Bertz CT molecular complexity index is 332. The Hall–Kier alpha value is -1.36. The average Bonchev–Trinajstić information content (AvgIpc) is 2.63. The van der Waals surface area contributed by atoms with Crippen LogP contribution in [0.3, 0.4) is 0 Å². The molecule has 0 fully saturated rings. The molecule has 0 radical (unpaired) electrons. The van der Waals surface area contributed by atoms with Crippen LogP contribution in [0.1, 0.15) is 19.5 Å². The van der Waals surface area contributed by atoms with Crippen molar-refractivity contribution in [1.29, 1.82) is 0 Å². The molecule has 0 saturated heterocycles. The Balaban J connectivity index is 2.06. The van der Waals surface area contributed by atoms with E-state index < -0.39 is 0 Å². The Morgan fingerprint density at radius 1 is 1.50 bits per heavy atom. The summed E-state index contributed by atoms with van der Waals surface area (Å²) in [6, 6.07) is 1.97. The monoisotopic (exact) mass is 224 g/mol. The predicted molar refractivity (Wildman–Crippen MR) is 62.8 cm³/mol. The van der Waals surface area contributed by atoms with Gasteiger partial charge in [-0.1, -0.05) is 13.8 Å². The molecule has 0 atom stereocenters. The second-order valence-electron chi connectivity index (χ2n) is 4.10. The summed E-state index contributed by atoms with van der Waals surface area (Å²) in [5.74, 6) is 0.149. The molecule has 2 N–H and O–H groups in total. The predicted octanol–water partition coefficient (Wildman–Crippen LogP) is 0.282. The van der Waals surface area contributed by atoms with Crippen LogP contribution >= 0.6 is 0 Å². The summed E-state index contributed by atoms with van der Waals surface area (Å²) in [5, 5.41) is 10.3. The highest BCUT2D eigenvalue weighted by Gasteiger charge is 2.04. The van der Waals surface area contributed by atoms with E-state index in [1.54, 1.807) is 4.68 Å². The SMILES string of the molecule is CC(C)C(=O)NCCNCc1ccn(C)n1. The van der Waals surface area contributed by atoms with Gasteiger partial charge in [0.25, 0.3) is 0 Å². The highest BCUT2D eigenvalue weighted by molar-refractivity contribution is 5.77. The number of amides is 1. The van der Waals surface area contributed by atoms with Gasteiger partial charge >= 0.3 is 0 Å². The van der Waals surface area contributed by atoms with Crippen LogP contribution < -0.4 is 10.6 Å². The Morgan fingerprint density at radius 3 is 2.81 bits per heavy atom. The summed E-state index contributed by atoms with van der Waals surface area (Å²) < 4.78 is 1.78. The third-order valence-electron chi connectivity index (χ3n) is 2.20. The zero-order chi connectivity index (χ0) is 12.0.